The minimum Gasteiger partial charge on any atom is -0.309 e. The van der Waals surface area contributed by atoms with Gasteiger partial charge in [-0.15, -0.1) is 0 Å². The Balaban J connectivity index is 2.25. The first kappa shape index (κ1) is 14.7. The van der Waals surface area contributed by atoms with Crippen molar-refractivity contribution in [2.45, 2.75) is 12.8 Å². The van der Waals surface area contributed by atoms with Gasteiger partial charge in [-0.25, -0.2) is 0 Å². The SMILES string of the molecule is CN(C)CCCc1cc(=O)c2ccccc2c2ccccc12. The summed E-state index contributed by atoms with van der Waals surface area (Å²) < 4.78 is 0. The zero-order chi connectivity index (χ0) is 15.5. The maximum Gasteiger partial charge on any atom is 0.186 e. The largest absolute Gasteiger partial charge is 0.309 e. The molecule has 0 bridgehead atoms. The second-order valence-electron chi connectivity index (χ2n) is 6.03. The summed E-state index contributed by atoms with van der Waals surface area (Å²) in [6.45, 7) is 1.03. The highest BCUT2D eigenvalue weighted by molar-refractivity contribution is 6.06. The molecule has 3 aromatic carbocycles. The third-order valence-corrected chi connectivity index (χ3v) is 4.11. The van der Waals surface area contributed by atoms with E-state index in [1.807, 2.05) is 36.4 Å². The van der Waals surface area contributed by atoms with E-state index in [2.05, 4.69) is 37.2 Å². The zero-order valence-corrected chi connectivity index (χ0v) is 13.2. The van der Waals surface area contributed by atoms with E-state index < -0.39 is 0 Å². The maximum absolute atomic E-state index is 12.6. The highest BCUT2D eigenvalue weighted by Gasteiger charge is 2.06. The minimum absolute atomic E-state index is 0.117. The molecule has 0 fully saturated rings. The molecule has 2 nitrogen and oxygen atoms in total. The lowest BCUT2D eigenvalue weighted by atomic mass is 10.0. The Labute approximate surface area is 131 Å². The van der Waals surface area contributed by atoms with Crippen molar-refractivity contribution in [2.24, 2.45) is 0 Å². The van der Waals surface area contributed by atoms with Crippen molar-refractivity contribution < 1.29 is 0 Å². The normalized spacial score (nSPS) is 11.4. The van der Waals surface area contributed by atoms with Crippen LogP contribution in [0.3, 0.4) is 0 Å². The molecule has 0 saturated heterocycles. The predicted molar refractivity (Wildman–Crippen MR) is 94.6 cm³/mol. The fraction of sp³-hybridized carbons (Fsp3) is 0.250. The Kier molecular flexibility index (Phi) is 4.21. The van der Waals surface area contributed by atoms with Gasteiger partial charge in [-0.3, -0.25) is 4.79 Å². The molecule has 0 atom stereocenters. The summed E-state index contributed by atoms with van der Waals surface area (Å²) in [6, 6.07) is 18.1. The van der Waals surface area contributed by atoms with Gasteiger partial charge in [0.1, 0.15) is 0 Å². The smallest absolute Gasteiger partial charge is 0.186 e. The molecular weight excluding hydrogens is 270 g/mol. The van der Waals surface area contributed by atoms with Crippen LogP contribution in [0.2, 0.25) is 0 Å². The molecule has 3 aromatic rings. The average Bonchev–Trinajstić information content (AvgIpc) is 2.64. The van der Waals surface area contributed by atoms with Crippen molar-refractivity contribution in [2.75, 3.05) is 20.6 Å². The van der Waals surface area contributed by atoms with Crippen molar-refractivity contribution in [3.05, 3.63) is 70.4 Å². The molecule has 112 valence electrons. The van der Waals surface area contributed by atoms with E-state index in [-0.39, 0.29) is 5.43 Å². The first-order chi connectivity index (χ1) is 10.7. The number of hydrogen-bond donors (Lipinski definition) is 0. The summed E-state index contributed by atoms with van der Waals surface area (Å²) in [5, 5.41) is 4.21. The molecule has 0 N–H and O–H groups in total. The lowest BCUT2D eigenvalue weighted by Gasteiger charge is -2.09. The fourth-order valence-corrected chi connectivity index (χ4v) is 3.04. The first-order valence-corrected chi connectivity index (χ1v) is 7.75. The van der Waals surface area contributed by atoms with Gasteiger partial charge in [0.15, 0.2) is 5.43 Å². The molecule has 0 aliphatic carbocycles. The van der Waals surface area contributed by atoms with Crippen LogP contribution in [0.25, 0.3) is 21.5 Å². The summed E-state index contributed by atoms with van der Waals surface area (Å²) in [7, 11) is 4.16. The Hall–Kier alpha value is -2.19. The van der Waals surface area contributed by atoms with Crippen molar-refractivity contribution >= 4 is 21.5 Å². The molecule has 0 radical (unpaired) electrons. The number of fused-ring (bicyclic) bond motifs is 3. The van der Waals surface area contributed by atoms with Gasteiger partial charge in [0, 0.05) is 5.39 Å². The van der Waals surface area contributed by atoms with Gasteiger partial charge < -0.3 is 4.90 Å². The second kappa shape index (κ2) is 6.29. The van der Waals surface area contributed by atoms with Gasteiger partial charge >= 0.3 is 0 Å². The van der Waals surface area contributed by atoms with Crippen molar-refractivity contribution in [3.63, 3.8) is 0 Å². The Morgan fingerprint density at radius 1 is 0.818 bits per heavy atom. The summed E-state index contributed by atoms with van der Waals surface area (Å²) in [5.74, 6) is 0. The monoisotopic (exact) mass is 291 g/mol. The van der Waals surface area contributed by atoms with E-state index in [4.69, 9.17) is 0 Å². The third-order valence-electron chi connectivity index (χ3n) is 4.11. The Morgan fingerprint density at radius 3 is 2.00 bits per heavy atom. The average molecular weight is 291 g/mol. The van der Waals surface area contributed by atoms with Gasteiger partial charge in [-0.2, -0.15) is 0 Å². The molecule has 0 aliphatic heterocycles. The molecule has 0 unspecified atom stereocenters. The van der Waals surface area contributed by atoms with Crippen LogP contribution in [0.15, 0.2) is 59.4 Å². The molecule has 0 aliphatic rings. The molecule has 3 rings (SSSR count). The van der Waals surface area contributed by atoms with E-state index in [1.165, 1.54) is 10.8 Å². The van der Waals surface area contributed by atoms with E-state index in [0.717, 1.165) is 35.7 Å². The van der Waals surface area contributed by atoms with E-state index >= 15 is 0 Å². The summed E-state index contributed by atoms with van der Waals surface area (Å²) in [6.07, 6.45) is 1.98. The molecular formula is C20H21NO. The molecule has 0 heterocycles. The van der Waals surface area contributed by atoms with Gasteiger partial charge in [0.25, 0.3) is 0 Å². The minimum atomic E-state index is 0.117. The van der Waals surface area contributed by atoms with Crippen LogP contribution in [0.4, 0.5) is 0 Å². The van der Waals surface area contributed by atoms with Crippen LogP contribution in [0.5, 0.6) is 0 Å². The summed E-state index contributed by atoms with van der Waals surface area (Å²) in [4.78, 5) is 14.8. The Morgan fingerprint density at radius 2 is 1.36 bits per heavy atom. The number of hydrogen-bond acceptors (Lipinski definition) is 2. The van der Waals surface area contributed by atoms with Gasteiger partial charge in [-0.1, -0.05) is 48.5 Å². The molecule has 22 heavy (non-hydrogen) atoms. The topological polar surface area (TPSA) is 20.3 Å². The van der Waals surface area contributed by atoms with Gasteiger partial charge in [-0.05, 0) is 61.3 Å². The lowest BCUT2D eigenvalue weighted by Crippen LogP contribution is -2.13. The Bertz CT molecular complexity index is 868. The first-order valence-electron chi connectivity index (χ1n) is 7.75. The lowest BCUT2D eigenvalue weighted by molar-refractivity contribution is 0.400. The highest BCUT2D eigenvalue weighted by Crippen LogP contribution is 2.25. The number of nitrogens with zero attached hydrogens (tertiary/aromatic N) is 1. The second-order valence-corrected chi connectivity index (χ2v) is 6.03. The highest BCUT2D eigenvalue weighted by atomic mass is 16.1. The molecule has 0 amide bonds. The molecule has 2 heteroatoms. The van der Waals surface area contributed by atoms with Crippen molar-refractivity contribution in [3.8, 4) is 0 Å². The number of benzene rings is 2. The molecule has 0 spiro atoms. The fourth-order valence-electron chi connectivity index (χ4n) is 3.04. The quantitative estimate of drug-likeness (QED) is 0.728. The zero-order valence-electron chi connectivity index (χ0n) is 13.2. The van der Waals surface area contributed by atoms with Gasteiger partial charge in [0.2, 0.25) is 0 Å². The predicted octanol–water partition coefficient (Wildman–Crippen LogP) is 3.85. The van der Waals surface area contributed by atoms with Crippen molar-refractivity contribution in [1.29, 1.82) is 0 Å². The van der Waals surface area contributed by atoms with E-state index in [0.29, 0.717) is 0 Å². The maximum atomic E-state index is 12.6. The van der Waals surface area contributed by atoms with Crippen LogP contribution in [0, 0.1) is 0 Å². The third kappa shape index (κ3) is 2.88. The van der Waals surface area contributed by atoms with Crippen LogP contribution >= 0.6 is 0 Å². The van der Waals surface area contributed by atoms with Gasteiger partial charge in [0.05, 0.1) is 0 Å². The molecule has 0 saturated carbocycles. The molecule has 0 aromatic heterocycles. The number of aryl methyl sites for hydroxylation is 1. The van der Waals surface area contributed by atoms with E-state index in [9.17, 15) is 4.79 Å². The van der Waals surface area contributed by atoms with E-state index in [1.54, 1.807) is 0 Å². The summed E-state index contributed by atoms with van der Waals surface area (Å²) >= 11 is 0. The van der Waals surface area contributed by atoms with Crippen molar-refractivity contribution in [1.82, 2.24) is 4.90 Å². The number of rotatable bonds is 4. The van der Waals surface area contributed by atoms with Crippen LogP contribution in [-0.2, 0) is 6.42 Å². The standard InChI is InChI=1S/C20H21NO/c1-21(2)13-7-8-15-14-20(22)19-12-6-5-11-18(19)17-10-4-3-9-16(15)17/h3-6,9-12,14H,7-8,13H2,1-2H3. The van der Waals surface area contributed by atoms with Crippen LogP contribution < -0.4 is 5.43 Å². The van der Waals surface area contributed by atoms with Crippen LogP contribution in [-0.4, -0.2) is 25.5 Å². The van der Waals surface area contributed by atoms with Crippen LogP contribution in [0.1, 0.15) is 12.0 Å². The summed E-state index contributed by atoms with van der Waals surface area (Å²) in [5.41, 5.74) is 1.27.